The molecule has 3 rings (SSSR count). The number of aromatic nitrogens is 2. The number of nitrogens with one attached hydrogen (secondary N) is 2. The van der Waals surface area contributed by atoms with E-state index in [9.17, 15) is 9.59 Å². The van der Waals surface area contributed by atoms with Crippen LogP contribution in [0.25, 0.3) is 0 Å². The SMILES string of the molecule is Cc1cc(NC(=O)C(C)(C)C)sc1C(=O)NCc1ccccc1Cn1cccn1. The van der Waals surface area contributed by atoms with E-state index in [2.05, 4.69) is 15.7 Å². The molecule has 2 amide bonds. The predicted molar refractivity (Wildman–Crippen MR) is 116 cm³/mol. The number of amides is 2. The van der Waals surface area contributed by atoms with Crippen molar-refractivity contribution in [2.75, 3.05) is 5.32 Å². The van der Waals surface area contributed by atoms with Gasteiger partial charge in [-0.25, -0.2) is 0 Å². The van der Waals surface area contributed by atoms with E-state index < -0.39 is 5.41 Å². The van der Waals surface area contributed by atoms with Gasteiger partial charge in [-0.2, -0.15) is 5.10 Å². The molecule has 0 saturated carbocycles. The monoisotopic (exact) mass is 410 g/mol. The number of benzene rings is 1. The number of hydrogen-bond acceptors (Lipinski definition) is 4. The standard InChI is InChI=1S/C22H26N4O2S/c1-15-12-18(25-21(28)22(2,3)4)29-19(15)20(27)23-13-16-8-5-6-9-17(16)14-26-11-7-10-24-26/h5-12H,13-14H2,1-4H3,(H,23,27)(H,25,28). The minimum Gasteiger partial charge on any atom is -0.347 e. The van der Waals surface area contributed by atoms with Gasteiger partial charge in [-0.1, -0.05) is 45.0 Å². The molecule has 6 nitrogen and oxygen atoms in total. The van der Waals surface area contributed by atoms with Gasteiger partial charge in [-0.15, -0.1) is 11.3 Å². The quantitative estimate of drug-likeness (QED) is 0.639. The van der Waals surface area contributed by atoms with Crippen LogP contribution in [0, 0.1) is 12.3 Å². The van der Waals surface area contributed by atoms with Crippen molar-refractivity contribution in [1.82, 2.24) is 15.1 Å². The molecule has 3 aromatic rings. The van der Waals surface area contributed by atoms with Crippen molar-refractivity contribution in [3.05, 3.63) is 70.4 Å². The maximum absolute atomic E-state index is 12.7. The third kappa shape index (κ3) is 5.32. The van der Waals surface area contributed by atoms with Crippen molar-refractivity contribution < 1.29 is 9.59 Å². The Morgan fingerprint density at radius 1 is 1.14 bits per heavy atom. The lowest BCUT2D eigenvalue weighted by Gasteiger charge is -2.16. The summed E-state index contributed by atoms with van der Waals surface area (Å²) in [5.41, 5.74) is 2.52. The van der Waals surface area contributed by atoms with Crippen LogP contribution in [-0.2, 0) is 17.9 Å². The van der Waals surface area contributed by atoms with Crippen molar-refractivity contribution in [3.63, 3.8) is 0 Å². The largest absolute Gasteiger partial charge is 0.347 e. The minimum atomic E-state index is -0.487. The highest BCUT2D eigenvalue weighted by Gasteiger charge is 2.23. The zero-order valence-electron chi connectivity index (χ0n) is 17.2. The van der Waals surface area contributed by atoms with Gasteiger partial charge in [0, 0.05) is 24.4 Å². The average molecular weight is 411 g/mol. The first-order valence-corrected chi connectivity index (χ1v) is 10.3. The molecule has 2 N–H and O–H groups in total. The van der Waals surface area contributed by atoms with Crippen molar-refractivity contribution in [2.24, 2.45) is 5.41 Å². The van der Waals surface area contributed by atoms with Gasteiger partial charge in [0.15, 0.2) is 0 Å². The lowest BCUT2D eigenvalue weighted by Crippen LogP contribution is -2.27. The van der Waals surface area contributed by atoms with Crippen LogP contribution in [-0.4, -0.2) is 21.6 Å². The second-order valence-electron chi connectivity index (χ2n) is 7.98. The number of hydrogen-bond donors (Lipinski definition) is 2. The Labute approximate surface area is 175 Å². The molecular weight excluding hydrogens is 384 g/mol. The van der Waals surface area contributed by atoms with Crippen LogP contribution < -0.4 is 10.6 Å². The molecule has 0 atom stereocenters. The number of thiophene rings is 1. The van der Waals surface area contributed by atoms with Crippen LogP contribution in [0.2, 0.25) is 0 Å². The Bertz CT molecular complexity index is 1000. The van der Waals surface area contributed by atoms with E-state index in [0.717, 1.165) is 16.7 Å². The molecule has 2 aromatic heterocycles. The fourth-order valence-electron chi connectivity index (χ4n) is 2.78. The second-order valence-corrected chi connectivity index (χ2v) is 9.03. The average Bonchev–Trinajstić information content (AvgIpc) is 3.29. The molecule has 0 unspecified atom stereocenters. The number of aryl methyl sites for hydroxylation is 1. The van der Waals surface area contributed by atoms with Gasteiger partial charge in [-0.05, 0) is 35.7 Å². The van der Waals surface area contributed by atoms with E-state index in [1.165, 1.54) is 11.3 Å². The summed E-state index contributed by atoms with van der Waals surface area (Å²) in [5.74, 6) is -0.212. The van der Waals surface area contributed by atoms with Crippen LogP contribution in [0.5, 0.6) is 0 Å². The maximum atomic E-state index is 12.7. The van der Waals surface area contributed by atoms with Gasteiger partial charge in [0.1, 0.15) is 0 Å². The van der Waals surface area contributed by atoms with Gasteiger partial charge in [0.25, 0.3) is 5.91 Å². The Hall–Kier alpha value is -2.93. The summed E-state index contributed by atoms with van der Waals surface area (Å²) in [6, 6.07) is 11.7. The van der Waals surface area contributed by atoms with Gasteiger partial charge in [-0.3, -0.25) is 14.3 Å². The van der Waals surface area contributed by atoms with Crippen molar-refractivity contribution >= 4 is 28.2 Å². The molecule has 0 radical (unpaired) electrons. The lowest BCUT2D eigenvalue weighted by molar-refractivity contribution is -0.123. The molecule has 0 spiro atoms. The number of carbonyl (C=O) groups is 2. The normalized spacial score (nSPS) is 11.3. The molecule has 0 saturated heterocycles. The van der Waals surface area contributed by atoms with Gasteiger partial charge in [0.2, 0.25) is 5.91 Å². The molecule has 0 aliphatic heterocycles. The number of nitrogens with zero attached hydrogens (tertiary/aromatic N) is 2. The Kier molecular flexibility index (Phi) is 6.17. The first-order chi connectivity index (χ1) is 13.7. The first-order valence-electron chi connectivity index (χ1n) is 9.48. The van der Waals surface area contributed by atoms with Crippen LogP contribution in [0.4, 0.5) is 5.00 Å². The fraction of sp³-hybridized carbons (Fsp3) is 0.318. The summed E-state index contributed by atoms with van der Waals surface area (Å²) in [6.45, 7) is 8.53. The third-order valence-corrected chi connectivity index (χ3v) is 5.64. The van der Waals surface area contributed by atoms with Crippen molar-refractivity contribution in [2.45, 2.75) is 40.8 Å². The Morgan fingerprint density at radius 2 is 1.86 bits per heavy atom. The summed E-state index contributed by atoms with van der Waals surface area (Å²) in [4.78, 5) is 25.5. The Morgan fingerprint density at radius 3 is 2.52 bits per heavy atom. The molecule has 0 aliphatic carbocycles. The zero-order valence-corrected chi connectivity index (χ0v) is 18.0. The molecule has 0 aliphatic rings. The highest BCUT2D eigenvalue weighted by Crippen LogP contribution is 2.28. The van der Waals surface area contributed by atoms with Crippen LogP contribution in [0.3, 0.4) is 0 Å². The van der Waals surface area contributed by atoms with Gasteiger partial charge in [0.05, 0.1) is 16.4 Å². The van der Waals surface area contributed by atoms with E-state index in [0.29, 0.717) is 23.0 Å². The minimum absolute atomic E-state index is 0.0711. The summed E-state index contributed by atoms with van der Waals surface area (Å²) in [7, 11) is 0. The van der Waals surface area contributed by atoms with Crippen LogP contribution >= 0.6 is 11.3 Å². The smallest absolute Gasteiger partial charge is 0.261 e. The highest BCUT2D eigenvalue weighted by molar-refractivity contribution is 7.18. The highest BCUT2D eigenvalue weighted by atomic mass is 32.1. The van der Waals surface area contributed by atoms with Crippen molar-refractivity contribution in [1.29, 1.82) is 0 Å². The number of carbonyl (C=O) groups excluding carboxylic acids is 2. The molecule has 7 heteroatoms. The van der Waals surface area contributed by atoms with Gasteiger partial charge < -0.3 is 10.6 Å². The molecule has 29 heavy (non-hydrogen) atoms. The summed E-state index contributed by atoms with van der Waals surface area (Å²) < 4.78 is 1.86. The fourth-order valence-corrected chi connectivity index (χ4v) is 3.76. The molecule has 1 aromatic carbocycles. The van der Waals surface area contributed by atoms with Crippen LogP contribution in [0.1, 0.15) is 47.1 Å². The zero-order chi connectivity index (χ0) is 21.0. The summed E-state index contributed by atoms with van der Waals surface area (Å²) in [5, 5.41) is 10.8. The van der Waals surface area contributed by atoms with E-state index >= 15 is 0 Å². The lowest BCUT2D eigenvalue weighted by atomic mass is 9.96. The number of anilines is 1. The second kappa shape index (κ2) is 8.61. The Balaban J connectivity index is 1.67. The molecular formula is C22H26N4O2S. The molecule has 2 heterocycles. The summed E-state index contributed by atoms with van der Waals surface area (Å²) >= 11 is 1.30. The first kappa shape index (κ1) is 20.8. The molecule has 152 valence electrons. The van der Waals surface area contributed by atoms with E-state index in [4.69, 9.17) is 0 Å². The van der Waals surface area contributed by atoms with E-state index in [1.54, 1.807) is 6.20 Å². The molecule has 0 bridgehead atoms. The van der Waals surface area contributed by atoms with Gasteiger partial charge >= 0.3 is 0 Å². The van der Waals surface area contributed by atoms with E-state index in [1.807, 2.05) is 75.0 Å². The van der Waals surface area contributed by atoms with E-state index in [-0.39, 0.29) is 11.8 Å². The van der Waals surface area contributed by atoms with Crippen LogP contribution in [0.15, 0.2) is 48.8 Å². The number of rotatable bonds is 6. The summed E-state index contributed by atoms with van der Waals surface area (Å²) in [6.07, 6.45) is 3.66. The predicted octanol–water partition coefficient (Wildman–Crippen LogP) is 4.22. The molecule has 0 fully saturated rings. The third-order valence-electron chi connectivity index (χ3n) is 4.49. The maximum Gasteiger partial charge on any atom is 0.261 e. The van der Waals surface area contributed by atoms with Crippen molar-refractivity contribution in [3.8, 4) is 0 Å². The topological polar surface area (TPSA) is 76.0 Å².